The first-order chi connectivity index (χ1) is 8.72. The Balaban J connectivity index is 2.72. The second-order valence-corrected chi connectivity index (χ2v) is 7.57. The summed E-state index contributed by atoms with van der Waals surface area (Å²) in [6.07, 6.45) is 1.69. The second kappa shape index (κ2) is 6.49. The van der Waals surface area contributed by atoms with Crippen molar-refractivity contribution in [3.63, 3.8) is 0 Å². The van der Waals surface area contributed by atoms with Crippen molar-refractivity contribution in [2.45, 2.75) is 44.6 Å². The third-order valence-electron chi connectivity index (χ3n) is 2.63. The normalized spacial score (nSPS) is 13.7. The number of hydrogen-bond donors (Lipinski definition) is 2. The number of hydrogen-bond acceptors (Lipinski definition) is 4. The zero-order valence-corrected chi connectivity index (χ0v) is 12.8. The number of carboxylic acid groups (broad SMARTS) is 1. The Labute approximate surface area is 117 Å². The topological polar surface area (TPSA) is 83.5 Å². The van der Waals surface area contributed by atoms with Gasteiger partial charge in [-0.25, -0.2) is 17.9 Å². The maximum absolute atomic E-state index is 12.0. The smallest absolute Gasteiger partial charge is 0.345 e. The Kier molecular flexibility index (Phi) is 5.51. The van der Waals surface area contributed by atoms with Gasteiger partial charge in [-0.2, -0.15) is 0 Å². The minimum absolute atomic E-state index is 0.0197. The van der Waals surface area contributed by atoms with Crippen molar-refractivity contribution in [2.24, 2.45) is 5.92 Å². The van der Waals surface area contributed by atoms with Crippen molar-refractivity contribution in [3.8, 4) is 0 Å². The molecule has 1 unspecified atom stereocenters. The molecule has 7 heteroatoms. The molecular weight excluding hydrogens is 286 g/mol. The molecule has 0 spiro atoms. The minimum Gasteiger partial charge on any atom is -0.477 e. The second-order valence-electron chi connectivity index (χ2n) is 4.95. The highest BCUT2D eigenvalue weighted by Crippen LogP contribution is 2.20. The van der Waals surface area contributed by atoms with Crippen LogP contribution in [0, 0.1) is 5.92 Å². The summed E-state index contributed by atoms with van der Waals surface area (Å²) >= 11 is 0.911. The van der Waals surface area contributed by atoms with E-state index >= 15 is 0 Å². The molecule has 0 aromatic carbocycles. The van der Waals surface area contributed by atoms with Crippen molar-refractivity contribution >= 4 is 27.3 Å². The summed E-state index contributed by atoms with van der Waals surface area (Å²) in [6.45, 7) is 5.98. The Morgan fingerprint density at radius 1 is 1.37 bits per heavy atom. The standard InChI is InChI=1S/C12H19NO4S2/c1-8(2)4-5-9(3)13-19(16,17)10-6-11(12(14)15)18-7-10/h6-9,13H,4-5H2,1-3H3,(H,14,15). The monoisotopic (exact) mass is 305 g/mol. The molecule has 1 aromatic rings. The SMILES string of the molecule is CC(C)CCC(C)NS(=O)(=O)c1csc(C(=O)O)c1. The fourth-order valence-corrected chi connectivity index (χ4v) is 3.94. The van der Waals surface area contributed by atoms with E-state index in [9.17, 15) is 13.2 Å². The van der Waals surface area contributed by atoms with E-state index in [0.29, 0.717) is 5.92 Å². The van der Waals surface area contributed by atoms with Gasteiger partial charge in [0.25, 0.3) is 0 Å². The molecule has 1 heterocycles. The zero-order chi connectivity index (χ0) is 14.6. The van der Waals surface area contributed by atoms with Gasteiger partial charge in [-0.1, -0.05) is 13.8 Å². The van der Waals surface area contributed by atoms with Crippen LogP contribution in [0.1, 0.15) is 43.3 Å². The van der Waals surface area contributed by atoms with Crippen LogP contribution in [0.15, 0.2) is 16.3 Å². The highest BCUT2D eigenvalue weighted by Gasteiger charge is 2.20. The summed E-state index contributed by atoms with van der Waals surface area (Å²) in [5, 5.41) is 10.1. The molecule has 2 N–H and O–H groups in total. The first-order valence-corrected chi connectivity index (χ1v) is 8.43. The van der Waals surface area contributed by atoms with Crippen molar-refractivity contribution in [3.05, 3.63) is 16.3 Å². The van der Waals surface area contributed by atoms with Gasteiger partial charge in [-0.3, -0.25) is 0 Å². The van der Waals surface area contributed by atoms with Gasteiger partial charge in [-0.05, 0) is 31.7 Å². The van der Waals surface area contributed by atoms with E-state index in [2.05, 4.69) is 18.6 Å². The molecule has 19 heavy (non-hydrogen) atoms. The summed E-state index contributed by atoms with van der Waals surface area (Å²) in [5.74, 6) is -0.592. The largest absolute Gasteiger partial charge is 0.477 e. The van der Waals surface area contributed by atoms with Crippen molar-refractivity contribution in [1.29, 1.82) is 0 Å². The maximum Gasteiger partial charge on any atom is 0.345 e. The summed E-state index contributed by atoms with van der Waals surface area (Å²) in [5.41, 5.74) is 0. The first kappa shape index (κ1) is 16.1. The van der Waals surface area contributed by atoms with Gasteiger partial charge >= 0.3 is 5.97 Å². The molecular formula is C12H19NO4S2. The lowest BCUT2D eigenvalue weighted by Gasteiger charge is -2.14. The molecule has 0 saturated carbocycles. The summed E-state index contributed by atoms with van der Waals surface area (Å²) in [7, 11) is -3.62. The molecule has 0 aliphatic carbocycles. The van der Waals surface area contributed by atoms with Crippen LogP contribution < -0.4 is 4.72 Å². The summed E-state index contributed by atoms with van der Waals surface area (Å²) in [6, 6.07) is 1.02. The van der Waals surface area contributed by atoms with Gasteiger partial charge in [0.05, 0.1) is 4.90 Å². The highest BCUT2D eigenvalue weighted by atomic mass is 32.2. The molecule has 0 aliphatic heterocycles. The van der Waals surface area contributed by atoms with Crippen LogP contribution in [0.2, 0.25) is 0 Å². The molecule has 1 rings (SSSR count). The van der Waals surface area contributed by atoms with Crippen LogP contribution >= 0.6 is 11.3 Å². The molecule has 0 saturated heterocycles. The van der Waals surface area contributed by atoms with E-state index in [1.54, 1.807) is 0 Å². The highest BCUT2D eigenvalue weighted by molar-refractivity contribution is 7.89. The van der Waals surface area contributed by atoms with Crippen molar-refractivity contribution < 1.29 is 18.3 Å². The molecule has 0 amide bonds. The predicted molar refractivity (Wildman–Crippen MR) is 75.1 cm³/mol. The van der Waals surface area contributed by atoms with Gasteiger partial charge in [0.1, 0.15) is 4.88 Å². The molecule has 0 bridgehead atoms. The lowest BCUT2D eigenvalue weighted by Crippen LogP contribution is -2.32. The number of sulfonamides is 1. The molecule has 1 atom stereocenters. The Morgan fingerprint density at radius 3 is 2.47 bits per heavy atom. The van der Waals surface area contributed by atoms with Crippen LogP contribution in [0.3, 0.4) is 0 Å². The maximum atomic E-state index is 12.0. The van der Waals surface area contributed by atoms with Gasteiger partial charge in [0, 0.05) is 11.4 Å². The van der Waals surface area contributed by atoms with E-state index < -0.39 is 16.0 Å². The molecule has 0 radical (unpaired) electrons. The number of thiophene rings is 1. The van der Waals surface area contributed by atoms with Gasteiger partial charge in [0.2, 0.25) is 10.0 Å². The van der Waals surface area contributed by atoms with E-state index in [1.165, 1.54) is 11.4 Å². The molecule has 5 nitrogen and oxygen atoms in total. The molecule has 108 valence electrons. The fourth-order valence-electron chi connectivity index (χ4n) is 1.55. The third-order valence-corrected chi connectivity index (χ3v) is 5.27. The van der Waals surface area contributed by atoms with Crippen LogP contribution in [-0.4, -0.2) is 25.5 Å². The average molecular weight is 305 g/mol. The lowest BCUT2D eigenvalue weighted by atomic mass is 10.1. The van der Waals surface area contributed by atoms with Gasteiger partial charge in [0.15, 0.2) is 0 Å². The van der Waals surface area contributed by atoms with Crippen LogP contribution in [0.25, 0.3) is 0 Å². The minimum atomic E-state index is -3.62. The van der Waals surface area contributed by atoms with E-state index in [1.807, 2.05) is 6.92 Å². The predicted octanol–water partition coefficient (Wildman–Crippen LogP) is 2.55. The third kappa shape index (κ3) is 4.93. The van der Waals surface area contributed by atoms with Crippen LogP contribution in [0.5, 0.6) is 0 Å². The van der Waals surface area contributed by atoms with Crippen molar-refractivity contribution in [2.75, 3.05) is 0 Å². The van der Waals surface area contributed by atoms with E-state index in [4.69, 9.17) is 5.11 Å². The average Bonchev–Trinajstić information content (AvgIpc) is 2.75. The number of carbonyl (C=O) groups is 1. The summed E-state index contributed by atoms with van der Waals surface area (Å²) in [4.78, 5) is 10.8. The van der Waals surface area contributed by atoms with E-state index in [0.717, 1.165) is 24.2 Å². The number of carboxylic acids is 1. The number of rotatable bonds is 7. The Morgan fingerprint density at radius 2 is 2.00 bits per heavy atom. The van der Waals surface area contributed by atoms with Gasteiger partial charge in [-0.15, -0.1) is 11.3 Å². The molecule has 0 fully saturated rings. The Bertz CT molecular complexity index is 534. The fraction of sp³-hybridized carbons (Fsp3) is 0.583. The van der Waals surface area contributed by atoms with E-state index in [-0.39, 0.29) is 15.8 Å². The molecule has 1 aromatic heterocycles. The Hall–Kier alpha value is -0.920. The van der Waals surface area contributed by atoms with Gasteiger partial charge < -0.3 is 5.11 Å². The molecule has 0 aliphatic rings. The van der Waals surface area contributed by atoms with Crippen LogP contribution in [0.4, 0.5) is 0 Å². The first-order valence-electron chi connectivity index (χ1n) is 6.06. The zero-order valence-electron chi connectivity index (χ0n) is 11.2. The van der Waals surface area contributed by atoms with Crippen LogP contribution in [-0.2, 0) is 10.0 Å². The van der Waals surface area contributed by atoms with Crippen molar-refractivity contribution in [1.82, 2.24) is 4.72 Å². The quantitative estimate of drug-likeness (QED) is 0.811. The lowest BCUT2D eigenvalue weighted by molar-refractivity contribution is 0.0702. The number of nitrogens with one attached hydrogen (secondary N) is 1. The summed E-state index contributed by atoms with van der Waals surface area (Å²) < 4.78 is 26.6. The number of aromatic carboxylic acids is 1.